The van der Waals surface area contributed by atoms with Crippen LogP contribution in [0.15, 0.2) is 24.3 Å². The molecule has 0 saturated carbocycles. The summed E-state index contributed by atoms with van der Waals surface area (Å²) >= 11 is 0. The Balaban J connectivity index is 1.61. The molecule has 136 valence electrons. The van der Waals surface area contributed by atoms with E-state index in [1.54, 1.807) is 7.11 Å². The number of methoxy groups -OCH3 is 1. The highest BCUT2D eigenvalue weighted by atomic mass is 16.5. The van der Waals surface area contributed by atoms with Crippen LogP contribution in [0.5, 0.6) is 11.5 Å². The molecule has 2 rings (SSSR count). The van der Waals surface area contributed by atoms with Gasteiger partial charge >= 0.3 is 0 Å². The number of likely N-dealkylation sites (tertiary alicyclic amines) is 1. The van der Waals surface area contributed by atoms with E-state index in [1.165, 1.54) is 24.2 Å². The number of rotatable bonds is 9. The lowest BCUT2D eigenvalue weighted by atomic mass is 9.97. The van der Waals surface area contributed by atoms with Crippen LogP contribution in [-0.4, -0.2) is 56.8 Å². The Kier molecular flexibility index (Phi) is 7.82. The molecule has 1 heterocycles. The summed E-state index contributed by atoms with van der Waals surface area (Å²) in [6.07, 6.45) is 3.39. The van der Waals surface area contributed by atoms with E-state index >= 15 is 0 Å². The first kappa shape index (κ1) is 19.0. The molecule has 2 N–H and O–H groups in total. The predicted molar refractivity (Wildman–Crippen MR) is 93.9 cm³/mol. The van der Waals surface area contributed by atoms with Gasteiger partial charge in [0.2, 0.25) is 0 Å². The molecule has 1 aliphatic heterocycles. The van der Waals surface area contributed by atoms with Crippen molar-refractivity contribution < 1.29 is 24.2 Å². The number of piperidine rings is 1. The van der Waals surface area contributed by atoms with Crippen LogP contribution in [0.4, 0.5) is 0 Å². The molecule has 5 heteroatoms. The van der Waals surface area contributed by atoms with Crippen molar-refractivity contribution in [1.82, 2.24) is 0 Å². The summed E-state index contributed by atoms with van der Waals surface area (Å²) in [5.74, 6) is 1.54. The number of benzene rings is 1. The zero-order chi connectivity index (χ0) is 17.4. The average molecular weight is 338 g/mol. The van der Waals surface area contributed by atoms with Crippen LogP contribution in [0.1, 0.15) is 33.1 Å². The summed E-state index contributed by atoms with van der Waals surface area (Å²) in [5.41, 5.74) is 0. The maximum absolute atomic E-state index is 10.2. The van der Waals surface area contributed by atoms with Crippen LogP contribution in [0, 0.1) is 0 Å². The first-order valence-corrected chi connectivity index (χ1v) is 8.98. The third kappa shape index (κ3) is 5.96. The number of hydrogen-bond donors (Lipinski definition) is 2. The second kappa shape index (κ2) is 9.87. The van der Waals surface area contributed by atoms with Crippen LogP contribution in [0.25, 0.3) is 0 Å². The standard InChI is InChI=1S/C19H31NO4/c1-15-6-4-7-16(2)20(15)13-17(21)14-23-10-11-24-19-9-5-8-18(12-19)22-3/h5,8-9,12,15-17,21H,4,6-7,10-11,13-14H2,1-3H3/p+1/t15-,16+,17-/m0/s1. The van der Waals surface area contributed by atoms with Crippen molar-refractivity contribution in [3.8, 4) is 11.5 Å². The Bertz CT molecular complexity index is 472. The van der Waals surface area contributed by atoms with E-state index in [9.17, 15) is 5.11 Å². The Labute approximate surface area is 145 Å². The maximum atomic E-state index is 10.2. The fourth-order valence-corrected chi connectivity index (χ4v) is 3.45. The van der Waals surface area contributed by atoms with Crippen LogP contribution in [0.2, 0.25) is 0 Å². The Morgan fingerprint density at radius 3 is 2.58 bits per heavy atom. The zero-order valence-corrected chi connectivity index (χ0v) is 15.2. The first-order chi connectivity index (χ1) is 11.6. The summed E-state index contributed by atoms with van der Waals surface area (Å²) in [6.45, 7) is 6.61. The topological polar surface area (TPSA) is 52.4 Å². The van der Waals surface area contributed by atoms with Gasteiger partial charge < -0.3 is 24.2 Å². The lowest BCUT2D eigenvalue weighted by Crippen LogP contribution is -3.20. The van der Waals surface area contributed by atoms with Crippen molar-refractivity contribution in [2.75, 3.05) is 33.5 Å². The minimum Gasteiger partial charge on any atom is -0.497 e. The molecule has 1 aliphatic rings. The molecule has 0 spiro atoms. The van der Waals surface area contributed by atoms with Gasteiger partial charge in [-0.1, -0.05) is 6.07 Å². The normalized spacial score (nSPS) is 25.2. The molecule has 0 aromatic heterocycles. The van der Waals surface area contributed by atoms with Crippen molar-refractivity contribution in [2.45, 2.75) is 51.3 Å². The molecule has 1 fully saturated rings. The molecule has 1 aromatic carbocycles. The molecule has 1 saturated heterocycles. The number of aliphatic hydroxyl groups is 1. The van der Waals surface area contributed by atoms with Gasteiger partial charge in [0.15, 0.2) is 0 Å². The summed E-state index contributed by atoms with van der Waals surface area (Å²) in [4.78, 5) is 1.50. The van der Waals surface area contributed by atoms with E-state index < -0.39 is 6.10 Å². The minimum atomic E-state index is -0.417. The highest BCUT2D eigenvalue weighted by molar-refractivity contribution is 5.32. The van der Waals surface area contributed by atoms with Gasteiger partial charge in [0.25, 0.3) is 0 Å². The van der Waals surface area contributed by atoms with E-state index in [1.807, 2.05) is 24.3 Å². The highest BCUT2D eigenvalue weighted by Crippen LogP contribution is 2.18. The Hall–Kier alpha value is -1.30. The summed E-state index contributed by atoms with van der Waals surface area (Å²) in [7, 11) is 1.63. The van der Waals surface area contributed by atoms with E-state index in [4.69, 9.17) is 14.2 Å². The summed E-state index contributed by atoms with van der Waals surface area (Å²) in [5, 5.41) is 10.2. The molecule has 0 aliphatic carbocycles. The molecule has 1 aromatic rings. The third-order valence-corrected chi connectivity index (χ3v) is 4.86. The maximum Gasteiger partial charge on any atom is 0.126 e. The summed E-state index contributed by atoms with van der Waals surface area (Å²) < 4.78 is 16.3. The van der Waals surface area contributed by atoms with Gasteiger partial charge in [-0.2, -0.15) is 0 Å². The van der Waals surface area contributed by atoms with Gasteiger partial charge in [-0.05, 0) is 45.2 Å². The molecule has 5 nitrogen and oxygen atoms in total. The van der Waals surface area contributed by atoms with Crippen LogP contribution in [-0.2, 0) is 4.74 Å². The lowest BCUT2D eigenvalue weighted by molar-refractivity contribution is -0.954. The van der Waals surface area contributed by atoms with E-state index in [0.717, 1.165) is 18.0 Å². The molecular formula is C19H32NO4+. The number of quaternary nitrogens is 1. The van der Waals surface area contributed by atoms with Crippen molar-refractivity contribution in [3.05, 3.63) is 24.3 Å². The molecule has 1 unspecified atom stereocenters. The molecule has 24 heavy (non-hydrogen) atoms. The Morgan fingerprint density at radius 1 is 1.17 bits per heavy atom. The van der Waals surface area contributed by atoms with Crippen molar-refractivity contribution >= 4 is 0 Å². The van der Waals surface area contributed by atoms with Gasteiger partial charge in [0, 0.05) is 6.07 Å². The van der Waals surface area contributed by atoms with Gasteiger partial charge in [-0.15, -0.1) is 0 Å². The first-order valence-electron chi connectivity index (χ1n) is 8.98. The van der Waals surface area contributed by atoms with Gasteiger partial charge in [0.05, 0.1) is 32.4 Å². The van der Waals surface area contributed by atoms with E-state index in [0.29, 0.717) is 31.9 Å². The molecular weight excluding hydrogens is 306 g/mol. The van der Waals surface area contributed by atoms with Gasteiger partial charge in [-0.3, -0.25) is 0 Å². The summed E-state index contributed by atoms with van der Waals surface area (Å²) in [6, 6.07) is 8.75. The fraction of sp³-hybridized carbons (Fsp3) is 0.684. The van der Waals surface area contributed by atoms with Crippen molar-refractivity contribution in [1.29, 1.82) is 0 Å². The zero-order valence-electron chi connectivity index (χ0n) is 15.2. The molecule has 0 radical (unpaired) electrons. The highest BCUT2D eigenvalue weighted by Gasteiger charge is 2.30. The number of aliphatic hydroxyl groups excluding tert-OH is 1. The number of nitrogens with one attached hydrogen (secondary N) is 1. The molecule has 4 atom stereocenters. The lowest BCUT2D eigenvalue weighted by Gasteiger charge is -2.36. The van der Waals surface area contributed by atoms with E-state index in [2.05, 4.69) is 13.8 Å². The average Bonchev–Trinajstić information content (AvgIpc) is 2.58. The third-order valence-electron chi connectivity index (χ3n) is 4.86. The quantitative estimate of drug-likeness (QED) is 0.667. The number of hydrogen-bond acceptors (Lipinski definition) is 4. The van der Waals surface area contributed by atoms with Gasteiger partial charge in [0.1, 0.15) is 30.8 Å². The Morgan fingerprint density at radius 2 is 1.88 bits per heavy atom. The monoisotopic (exact) mass is 338 g/mol. The molecule has 0 bridgehead atoms. The fourth-order valence-electron chi connectivity index (χ4n) is 3.45. The van der Waals surface area contributed by atoms with Crippen LogP contribution < -0.4 is 14.4 Å². The minimum absolute atomic E-state index is 0.365. The number of ether oxygens (including phenoxy) is 3. The SMILES string of the molecule is COc1cccc(OCCOC[C@@H](O)C[NH+]2[C@H](C)CCC[C@@H]2C)c1. The van der Waals surface area contributed by atoms with Crippen molar-refractivity contribution in [3.63, 3.8) is 0 Å². The van der Waals surface area contributed by atoms with Gasteiger partial charge in [-0.25, -0.2) is 0 Å². The van der Waals surface area contributed by atoms with Crippen LogP contribution >= 0.6 is 0 Å². The predicted octanol–water partition coefficient (Wildman–Crippen LogP) is 1.30. The molecule has 0 amide bonds. The van der Waals surface area contributed by atoms with E-state index in [-0.39, 0.29) is 0 Å². The van der Waals surface area contributed by atoms with Crippen LogP contribution in [0.3, 0.4) is 0 Å². The smallest absolute Gasteiger partial charge is 0.126 e. The van der Waals surface area contributed by atoms with Crippen molar-refractivity contribution in [2.24, 2.45) is 0 Å². The second-order valence-corrected chi connectivity index (χ2v) is 6.77. The second-order valence-electron chi connectivity index (χ2n) is 6.77. The largest absolute Gasteiger partial charge is 0.497 e.